The Morgan fingerprint density at radius 2 is 1.85 bits per heavy atom. The van der Waals surface area contributed by atoms with Gasteiger partial charge in [0, 0.05) is 5.69 Å². The molecule has 0 spiro atoms. The van der Waals surface area contributed by atoms with Gasteiger partial charge in [-0.15, -0.1) is 0 Å². The fraction of sp³-hybridized carbons (Fsp3) is 0.200. The van der Waals surface area contributed by atoms with Crippen LogP contribution < -0.4 is 9.61 Å². The summed E-state index contributed by atoms with van der Waals surface area (Å²) < 4.78 is 23.5. The lowest BCUT2D eigenvalue weighted by Crippen LogP contribution is -2.07. The minimum Gasteiger partial charge on any atom is -0.409 e. The van der Waals surface area contributed by atoms with Crippen molar-refractivity contribution in [2.75, 3.05) is 11.7 Å². The Morgan fingerprint density at radius 3 is 2.50 bits per heavy atom. The molecule has 1 atom stereocenters. The van der Waals surface area contributed by atoms with E-state index in [1.807, 2.05) is 49.4 Å². The van der Waals surface area contributed by atoms with Crippen LogP contribution in [0.25, 0.3) is 0 Å². The second kappa shape index (κ2) is 6.60. The van der Waals surface area contributed by atoms with Gasteiger partial charge in [-0.25, -0.2) is 4.57 Å². The first-order valence-electron chi connectivity index (χ1n) is 6.45. The van der Waals surface area contributed by atoms with Gasteiger partial charge in [-0.3, -0.25) is 9.61 Å². The average Bonchev–Trinajstić information content (AvgIpc) is 2.39. The summed E-state index contributed by atoms with van der Waals surface area (Å²) in [6.45, 7) is 4.04. The summed E-state index contributed by atoms with van der Waals surface area (Å²) in [5.41, 5.74) is 1.77. The van der Waals surface area contributed by atoms with Gasteiger partial charge < -0.3 is 4.52 Å². The number of anilines is 1. The highest BCUT2D eigenvalue weighted by molar-refractivity contribution is 7.55. The van der Waals surface area contributed by atoms with Crippen molar-refractivity contribution in [3.05, 3.63) is 60.2 Å². The lowest BCUT2D eigenvalue weighted by Gasteiger charge is -2.20. The molecule has 106 valence electrons. The van der Waals surface area contributed by atoms with Crippen LogP contribution in [0.1, 0.15) is 12.5 Å². The lowest BCUT2D eigenvalue weighted by molar-refractivity contribution is 0.284. The molecule has 2 rings (SSSR count). The minimum absolute atomic E-state index is 0.295. The third kappa shape index (κ3) is 4.12. The predicted molar refractivity (Wildman–Crippen MR) is 81.1 cm³/mol. The Hall–Kier alpha value is -1.77. The van der Waals surface area contributed by atoms with E-state index in [1.54, 1.807) is 19.1 Å². The Kier molecular flexibility index (Phi) is 4.83. The van der Waals surface area contributed by atoms with Gasteiger partial charge in [0.25, 0.3) is 0 Å². The fourth-order valence-electron chi connectivity index (χ4n) is 1.74. The Labute approximate surface area is 119 Å². The van der Waals surface area contributed by atoms with E-state index in [2.05, 4.69) is 5.09 Å². The van der Waals surface area contributed by atoms with Crippen molar-refractivity contribution in [2.24, 2.45) is 0 Å². The quantitative estimate of drug-likeness (QED) is 0.788. The summed E-state index contributed by atoms with van der Waals surface area (Å²) in [5.74, 6) is 0.504. The topological polar surface area (TPSA) is 47.6 Å². The van der Waals surface area contributed by atoms with Gasteiger partial charge in [0.15, 0.2) is 0 Å². The fourth-order valence-corrected chi connectivity index (χ4v) is 3.10. The second-order valence-corrected chi connectivity index (χ2v) is 5.96. The molecule has 4 nitrogen and oxygen atoms in total. The number of hydrogen-bond donors (Lipinski definition) is 1. The van der Waals surface area contributed by atoms with Crippen molar-refractivity contribution in [3.63, 3.8) is 0 Å². The van der Waals surface area contributed by atoms with E-state index in [1.165, 1.54) is 0 Å². The van der Waals surface area contributed by atoms with Crippen molar-refractivity contribution < 1.29 is 13.6 Å². The van der Waals surface area contributed by atoms with Crippen LogP contribution >= 0.6 is 7.75 Å². The predicted octanol–water partition coefficient (Wildman–Crippen LogP) is 4.63. The van der Waals surface area contributed by atoms with Crippen LogP contribution in [0, 0.1) is 6.92 Å². The number of rotatable bonds is 6. The highest BCUT2D eigenvalue weighted by Crippen LogP contribution is 2.47. The Balaban J connectivity index is 2.19. The first kappa shape index (κ1) is 14.6. The largest absolute Gasteiger partial charge is 0.486 e. The van der Waals surface area contributed by atoms with Gasteiger partial charge in [0.05, 0.1) is 6.61 Å². The zero-order chi connectivity index (χ0) is 14.4. The maximum atomic E-state index is 12.7. The zero-order valence-corrected chi connectivity index (χ0v) is 12.5. The molecule has 20 heavy (non-hydrogen) atoms. The molecule has 0 saturated carbocycles. The van der Waals surface area contributed by atoms with Crippen molar-refractivity contribution in [1.29, 1.82) is 0 Å². The molecule has 1 N–H and O–H groups in total. The number of nitrogens with one attached hydrogen (secondary N) is 1. The highest BCUT2D eigenvalue weighted by atomic mass is 31.2. The average molecular weight is 291 g/mol. The normalized spacial score (nSPS) is 13.5. The lowest BCUT2D eigenvalue weighted by atomic mass is 10.2. The van der Waals surface area contributed by atoms with E-state index in [9.17, 15) is 4.57 Å². The van der Waals surface area contributed by atoms with Crippen LogP contribution in [0.15, 0.2) is 54.6 Å². The van der Waals surface area contributed by atoms with Gasteiger partial charge in [0.1, 0.15) is 5.75 Å². The van der Waals surface area contributed by atoms with Gasteiger partial charge >= 0.3 is 7.75 Å². The molecule has 1 unspecified atom stereocenters. The molecule has 0 fully saturated rings. The molecule has 0 heterocycles. The van der Waals surface area contributed by atoms with Gasteiger partial charge in [0.2, 0.25) is 0 Å². The van der Waals surface area contributed by atoms with Crippen LogP contribution in [-0.4, -0.2) is 6.61 Å². The SMILES string of the molecule is CCOP(=O)(Nc1cccc(C)c1)Oc1ccccc1. The molecule has 0 aromatic heterocycles. The number of aryl methyl sites for hydroxylation is 1. The summed E-state index contributed by atoms with van der Waals surface area (Å²) in [5, 5.41) is 2.86. The second-order valence-electron chi connectivity index (χ2n) is 4.30. The van der Waals surface area contributed by atoms with E-state index >= 15 is 0 Å². The molecule has 0 bridgehead atoms. The number of hydrogen-bond acceptors (Lipinski definition) is 3. The summed E-state index contributed by atoms with van der Waals surface area (Å²) in [4.78, 5) is 0. The molecule has 5 heteroatoms. The van der Waals surface area contributed by atoms with E-state index < -0.39 is 7.75 Å². The molecule has 0 radical (unpaired) electrons. The Morgan fingerprint density at radius 1 is 1.10 bits per heavy atom. The van der Waals surface area contributed by atoms with E-state index in [4.69, 9.17) is 9.05 Å². The first-order chi connectivity index (χ1) is 9.61. The molecular formula is C15H18NO3P. The Bertz CT molecular complexity index is 601. The molecular weight excluding hydrogens is 273 g/mol. The van der Waals surface area contributed by atoms with Crippen molar-refractivity contribution >= 4 is 13.4 Å². The minimum atomic E-state index is -3.43. The molecule has 0 amide bonds. The van der Waals surface area contributed by atoms with Crippen molar-refractivity contribution in [2.45, 2.75) is 13.8 Å². The van der Waals surface area contributed by atoms with E-state index in [0.29, 0.717) is 18.0 Å². The molecule has 2 aromatic rings. The molecule has 0 aliphatic rings. The van der Waals surface area contributed by atoms with Crippen LogP contribution in [0.5, 0.6) is 5.75 Å². The van der Waals surface area contributed by atoms with Gasteiger partial charge in [-0.05, 0) is 43.7 Å². The van der Waals surface area contributed by atoms with Crippen LogP contribution in [0.2, 0.25) is 0 Å². The number of benzene rings is 2. The molecule has 0 aliphatic heterocycles. The maximum absolute atomic E-state index is 12.7. The van der Waals surface area contributed by atoms with Crippen LogP contribution in [0.4, 0.5) is 5.69 Å². The molecule has 0 aliphatic carbocycles. The van der Waals surface area contributed by atoms with Crippen molar-refractivity contribution in [1.82, 2.24) is 0 Å². The molecule has 2 aromatic carbocycles. The van der Waals surface area contributed by atoms with Crippen LogP contribution in [-0.2, 0) is 9.09 Å². The standard InChI is InChI=1S/C15H18NO3P/c1-3-18-20(17,19-15-10-5-4-6-11-15)16-14-9-7-8-13(2)12-14/h4-12H,3H2,1-2H3,(H,16,17). The van der Waals surface area contributed by atoms with Gasteiger partial charge in [-0.2, -0.15) is 0 Å². The smallest absolute Gasteiger partial charge is 0.409 e. The highest BCUT2D eigenvalue weighted by Gasteiger charge is 2.26. The monoisotopic (exact) mass is 291 g/mol. The van der Waals surface area contributed by atoms with Crippen LogP contribution in [0.3, 0.4) is 0 Å². The first-order valence-corrected chi connectivity index (χ1v) is 8.00. The third-order valence-corrected chi connectivity index (χ3v) is 4.13. The summed E-state index contributed by atoms with van der Waals surface area (Å²) >= 11 is 0. The van der Waals surface area contributed by atoms with Crippen molar-refractivity contribution in [3.8, 4) is 5.75 Å². The zero-order valence-electron chi connectivity index (χ0n) is 11.6. The van der Waals surface area contributed by atoms with E-state index in [0.717, 1.165) is 5.56 Å². The number of para-hydroxylation sites is 1. The van der Waals surface area contributed by atoms with E-state index in [-0.39, 0.29) is 0 Å². The third-order valence-electron chi connectivity index (χ3n) is 2.55. The summed E-state index contributed by atoms with van der Waals surface area (Å²) in [6, 6.07) is 16.6. The van der Waals surface area contributed by atoms with Gasteiger partial charge in [-0.1, -0.05) is 30.3 Å². The maximum Gasteiger partial charge on any atom is 0.486 e. The summed E-state index contributed by atoms with van der Waals surface area (Å²) in [7, 11) is -3.43. The summed E-state index contributed by atoms with van der Waals surface area (Å²) in [6.07, 6.45) is 0. The molecule has 0 saturated heterocycles.